The van der Waals surface area contributed by atoms with Crippen LogP contribution < -0.4 is 56.6 Å². The summed E-state index contributed by atoms with van der Waals surface area (Å²) < 4.78 is 0. The molecule has 0 aliphatic carbocycles. The monoisotopic (exact) mass is 93.0 g/mol. The average molecular weight is 93.5 g/mol. The Morgan fingerprint density at radius 1 is 0.600 bits per heavy atom. The third-order valence-corrected chi connectivity index (χ3v) is 0. The van der Waals surface area contributed by atoms with Crippen LogP contribution in [0, 0.1) is 0 Å². The first-order valence-corrected chi connectivity index (χ1v) is 0. The molecule has 18 valence electrons. The van der Waals surface area contributed by atoms with Gasteiger partial charge < -0.3 is 6.15 Å². The fourth-order valence-corrected chi connectivity index (χ4v) is 0. The molecule has 0 rings (SSSR count). The molecule has 0 radical (unpaired) electrons. The minimum atomic E-state index is 0. The third kappa shape index (κ3) is 22.3. The number of rotatable bonds is 0. The van der Waals surface area contributed by atoms with E-state index in [0.717, 1.165) is 0 Å². The van der Waals surface area contributed by atoms with Crippen LogP contribution in [0.3, 0.4) is 0 Å². The zero-order valence-corrected chi connectivity index (χ0v) is 4.75. The molecule has 0 atom stereocenters. The Hall–Kier alpha value is 2.25. The van der Waals surface area contributed by atoms with E-state index in [1.165, 1.54) is 0 Å². The van der Waals surface area contributed by atoms with Crippen molar-refractivity contribution in [3.63, 3.8) is 0 Å². The molecule has 0 amide bonds. The second kappa shape index (κ2) is 34.1. The molecule has 0 bridgehead atoms. The maximum atomic E-state index is 0. The van der Waals surface area contributed by atoms with Crippen LogP contribution in [0.5, 0.6) is 0 Å². The fourth-order valence-electron chi connectivity index (χ4n) is 0. The van der Waals surface area contributed by atoms with E-state index in [1.807, 2.05) is 0 Å². The number of nitrogens with zero attached hydrogens (tertiary/aromatic N) is 1. The summed E-state index contributed by atoms with van der Waals surface area (Å²) in [6.45, 7) is 0. The van der Waals surface area contributed by atoms with E-state index in [2.05, 4.69) is 0 Å². The summed E-state index contributed by atoms with van der Waals surface area (Å²) in [5, 5.41) is 0. The van der Waals surface area contributed by atoms with Crippen LogP contribution in [0.2, 0.25) is 0 Å². The molecule has 0 aromatic carbocycles. The molecule has 0 aromatic rings. The van der Waals surface area contributed by atoms with Crippen molar-refractivity contribution in [1.82, 2.24) is 0 Å². The van der Waals surface area contributed by atoms with Crippen molar-refractivity contribution < 1.29 is 73.1 Å². The van der Waals surface area contributed by atoms with Crippen molar-refractivity contribution in [2.45, 2.75) is 0 Å². The van der Waals surface area contributed by atoms with E-state index in [0.29, 0.717) is 0 Å². The molecule has 1 nitrogen and oxygen atoms in total. The van der Waals surface area contributed by atoms with Gasteiger partial charge >= 0.3 is 56.6 Å². The Labute approximate surface area is 78.4 Å². The van der Waals surface area contributed by atoms with Crippen LogP contribution in [0.25, 0.3) is 6.15 Å². The van der Waals surface area contributed by atoms with Gasteiger partial charge in [0.2, 0.25) is 0 Å². The Morgan fingerprint density at radius 2 is 0.600 bits per heavy atom. The number of hydrogen-bond donors (Lipinski definition) is 0. The first-order chi connectivity index (χ1) is 0. The van der Waals surface area contributed by atoms with Gasteiger partial charge in [0.15, 0.2) is 0 Å². The van der Waals surface area contributed by atoms with Gasteiger partial charge in [-0.15, -0.1) is 0 Å². The molecule has 0 N–H and O–H groups in total. The molecule has 0 unspecified atom stereocenters. The molecular formula is Li3NNi. The smallest absolute Gasteiger partial charge is 1.00 e. The van der Waals surface area contributed by atoms with Crippen LogP contribution in [-0.2, 0) is 16.5 Å². The second-order valence-corrected chi connectivity index (χ2v) is 0. The van der Waals surface area contributed by atoms with E-state index >= 15 is 0 Å². The predicted molar refractivity (Wildman–Crippen MR) is 3.36 cm³/mol. The standard InChI is InChI=1S/3Li.N.Ni/q3*+1;-3;. The fraction of sp³-hybridized carbons (Fsp3) is 0. The first-order valence-electron chi connectivity index (χ1n) is 0. The van der Waals surface area contributed by atoms with E-state index in [4.69, 9.17) is 0 Å². The molecule has 0 heterocycles. The maximum absolute atomic E-state index is 0. The summed E-state index contributed by atoms with van der Waals surface area (Å²) in [4.78, 5) is 0. The van der Waals surface area contributed by atoms with Crippen molar-refractivity contribution in [2.75, 3.05) is 0 Å². The molecule has 5 heavy (non-hydrogen) atoms. The summed E-state index contributed by atoms with van der Waals surface area (Å²) >= 11 is 0. The first kappa shape index (κ1) is 56.0. The Kier molecular flexibility index (Phi) is 382. The molecule has 5 heteroatoms. The normalized spacial score (nSPS) is 0. The minimum absolute atomic E-state index is 0. The van der Waals surface area contributed by atoms with E-state index in [1.54, 1.807) is 0 Å². The van der Waals surface area contributed by atoms with Gasteiger partial charge in [-0.05, 0) is 0 Å². The van der Waals surface area contributed by atoms with Gasteiger partial charge in [-0.3, -0.25) is 0 Å². The summed E-state index contributed by atoms with van der Waals surface area (Å²) in [5.74, 6) is 0. The third-order valence-electron chi connectivity index (χ3n) is 0. The van der Waals surface area contributed by atoms with Gasteiger partial charge in [-0.1, -0.05) is 0 Å². The molecule has 0 saturated heterocycles. The van der Waals surface area contributed by atoms with Crippen molar-refractivity contribution in [3.8, 4) is 0 Å². The largest absolute Gasteiger partial charge is 3.00 e. The molecule has 0 aliphatic heterocycles. The van der Waals surface area contributed by atoms with Gasteiger partial charge in [0.1, 0.15) is 0 Å². The zero-order valence-electron chi connectivity index (χ0n) is 3.76. The molecule has 0 aliphatic rings. The Balaban J connectivity index is 0. The van der Waals surface area contributed by atoms with Crippen LogP contribution in [0.1, 0.15) is 0 Å². The Morgan fingerprint density at radius 3 is 0.600 bits per heavy atom. The van der Waals surface area contributed by atoms with Crippen LogP contribution in [0.15, 0.2) is 0 Å². The predicted octanol–water partition coefficient (Wildman–Crippen LogP) is -8.70. The second-order valence-electron chi connectivity index (χ2n) is 0. The van der Waals surface area contributed by atoms with Gasteiger partial charge in [0, 0.05) is 16.5 Å². The van der Waals surface area contributed by atoms with Gasteiger partial charge in [-0.2, -0.15) is 0 Å². The molecule has 0 saturated carbocycles. The number of hydrogen-bond acceptors (Lipinski definition) is 0. The average Bonchev–Trinajstić information content (AvgIpc) is 0. The zero-order chi connectivity index (χ0) is 0. The van der Waals surface area contributed by atoms with E-state index < -0.39 is 0 Å². The SMILES string of the molecule is [Li+].[Li+].[Li+].[N-3].[Ni]. The summed E-state index contributed by atoms with van der Waals surface area (Å²) in [5.41, 5.74) is 0. The van der Waals surface area contributed by atoms with Gasteiger partial charge in [-0.25, -0.2) is 0 Å². The molecule has 0 spiro atoms. The van der Waals surface area contributed by atoms with Crippen LogP contribution in [-0.4, -0.2) is 0 Å². The Bertz CT molecular complexity index is 6.85. The van der Waals surface area contributed by atoms with Gasteiger partial charge in [0.25, 0.3) is 0 Å². The van der Waals surface area contributed by atoms with Crippen LogP contribution >= 0.6 is 0 Å². The molecule has 0 aromatic heterocycles. The van der Waals surface area contributed by atoms with E-state index in [9.17, 15) is 0 Å². The van der Waals surface area contributed by atoms with Crippen molar-refractivity contribution in [3.05, 3.63) is 6.15 Å². The van der Waals surface area contributed by atoms with Crippen molar-refractivity contribution in [2.24, 2.45) is 0 Å². The molecule has 0 fully saturated rings. The summed E-state index contributed by atoms with van der Waals surface area (Å²) in [6.07, 6.45) is 0. The minimum Gasteiger partial charge on any atom is -3.00 e. The van der Waals surface area contributed by atoms with Crippen LogP contribution in [0.4, 0.5) is 0 Å². The molecular weight excluding hydrogens is 93.5 g/mol. The summed E-state index contributed by atoms with van der Waals surface area (Å²) in [7, 11) is 0. The van der Waals surface area contributed by atoms with Gasteiger partial charge in [0.05, 0.1) is 0 Å². The van der Waals surface area contributed by atoms with Crippen molar-refractivity contribution in [1.29, 1.82) is 0 Å². The topological polar surface area (TPSA) is 30.5 Å². The maximum Gasteiger partial charge on any atom is 1.00 e. The quantitative estimate of drug-likeness (QED) is 0.267. The van der Waals surface area contributed by atoms with Crippen molar-refractivity contribution >= 4 is 0 Å². The summed E-state index contributed by atoms with van der Waals surface area (Å²) in [6, 6.07) is 0. The van der Waals surface area contributed by atoms with E-state index in [-0.39, 0.29) is 79.2 Å².